The number of benzene rings is 1. The summed E-state index contributed by atoms with van der Waals surface area (Å²) < 4.78 is 12.3. The molecule has 1 aliphatic heterocycles. The van der Waals surface area contributed by atoms with E-state index < -0.39 is 18.3 Å². The van der Waals surface area contributed by atoms with E-state index in [4.69, 9.17) is 14.6 Å². The maximum Gasteiger partial charge on any atom is 0.494 e. The minimum absolute atomic E-state index is 0.148. The summed E-state index contributed by atoms with van der Waals surface area (Å²) in [5.41, 5.74) is 0.833. The van der Waals surface area contributed by atoms with Gasteiger partial charge in [-0.1, -0.05) is 12.1 Å². The zero-order valence-corrected chi connectivity index (χ0v) is 15.3. The SMILES string of the molecule is CC1(C)OB(c2cccc(NC3CCC(O)CC3)c2)OC1(C)CC#N. The molecule has 3 rings (SSSR count). The van der Waals surface area contributed by atoms with Crippen molar-refractivity contribution < 1.29 is 14.4 Å². The minimum Gasteiger partial charge on any atom is -0.399 e. The summed E-state index contributed by atoms with van der Waals surface area (Å²) in [5, 5.41) is 22.3. The third-order valence-corrected chi connectivity index (χ3v) is 5.69. The Morgan fingerprint density at radius 3 is 2.64 bits per heavy atom. The summed E-state index contributed by atoms with van der Waals surface area (Å²) in [5.74, 6) is 0. The monoisotopic (exact) mass is 342 g/mol. The van der Waals surface area contributed by atoms with E-state index in [0.717, 1.165) is 36.8 Å². The highest BCUT2D eigenvalue weighted by Crippen LogP contribution is 2.39. The summed E-state index contributed by atoms with van der Waals surface area (Å²) in [6.07, 6.45) is 3.81. The number of nitrogens with one attached hydrogen (secondary N) is 1. The van der Waals surface area contributed by atoms with E-state index in [0.29, 0.717) is 12.5 Å². The first-order valence-electron chi connectivity index (χ1n) is 9.10. The highest BCUT2D eigenvalue weighted by molar-refractivity contribution is 6.62. The highest BCUT2D eigenvalue weighted by Gasteiger charge is 2.54. The number of hydrogen-bond donors (Lipinski definition) is 2. The molecular formula is C19H27BN2O3. The van der Waals surface area contributed by atoms with E-state index in [1.807, 2.05) is 39.0 Å². The predicted molar refractivity (Wildman–Crippen MR) is 98.6 cm³/mol. The second-order valence-electron chi connectivity index (χ2n) is 7.92. The molecule has 134 valence electrons. The van der Waals surface area contributed by atoms with Crippen LogP contribution in [0.3, 0.4) is 0 Å². The number of rotatable bonds is 4. The van der Waals surface area contributed by atoms with Crippen LogP contribution in [-0.4, -0.2) is 35.6 Å². The molecular weight excluding hydrogens is 315 g/mol. The number of aliphatic hydroxyl groups is 1. The predicted octanol–water partition coefficient (Wildman–Crippen LogP) is 2.59. The average Bonchev–Trinajstić information content (AvgIpc) is 2.80. The maximum atomic E-state index is 9.64. The van der Waals surface area contributed by atoms with E-state index in [9.17, 15) is 5.11 Å². The Bertz CT molecular complexity index is 652. The van der Waals surface area contributed by atoms with Crippen molar-refractivity contribution in [3.05, 3.63) is 24.3 Å². The zero-order chi connectivity index (χ0) is 18.1. The van der Waals surface area contributed by atoms with Gasteiger partial charge in [-0.2, -0.15) is 5.26 Å². The summed E-state index contributed by atoms with van der Waals surface area (Å²) in [6, 6.07) is 10.7. The van der Waals surface area contributed by atoms with Crippen LogP contribution >= 0.6 is 0 Å². The second-order valence-corrected chi connectivity index (χ2v) is 7.92. The minimum atomic E-state index is -0.630. The van der Waals surface area contributed by atoms with Gasteiger partial charge in [-0.3, -0.25) is 0 Å². The molecule has 25 heavy (non-hydrogen) atoms. The fraction of sp³-hybridized carbons (Fsp3) is 0.632. The van der Waals surface area contributed by atoms with Gasteiger partial charge in [-0.25, -0.2) is 0 Å². The van der Waals surface area contributed by atoms with Gasteiger partial charge in [0.15, 0.2) is 0 Å². The van der Waals surface area contributed by atoms with Crippen LogP contribution in [0.5, 0.6) is 0 Å². The Morgan fingerprint density at radius 2 is 1.96 bits per heavy atom. The first-order chi connectivity index (χ1) is 11.8. The van der Waals surface area contributed by atoms with Crippen molar-refractivity contribution in [1.29, 1.82) is 5.26 Å². The number of anilines is 1. The third-order valence-electron chi connectivity index (χ3n) is 5.69. The van der Waals surface area contributed by atoms with Crippen LogP contribution in [-0.2, 0) is 9.31 Å². The van der Waals surface area contributed by atoms with Gasteiger partial charge in [0.05, 0.1) is 29.8 Å². The molecule has 1 heterocycles. The van der Waals surface area contributed by atoms with Gasteiger partial charge in [-0.05, 0) is 64.1 Å². The molecule has 1 aromatic carbocycles. The molecule has 1 saturated carbocycles. The molecule has 1 saturated heterocycles. The average molecular weight is 342 g/mol. The highest BCUT2D eigenvalue weighted by atomic mass is 16.7. The lowest BCUT2D eigenvalue weighted by molar-refractivity contribution is -0.00545. The van der Waals surface area contributed by atoms with Crippen LogP contribution in [0.15, 0.2) is 24.3 Å². The molecule has 2 fully saturated rings. The number of hydrogen-bond acceptors (Lipinski definition) is 5. The van der Waals surface area contributed by atoms with Gasteiger partial charge in [-0.15, -0.1) is 0 Å². The van der Waals surface area contributed by atoms with Gasteiger partial charge in [0.25, 0.3) is 0 Å². The topological polar surface area (TPSA) is 74.5 Å². The van der Waals surface area contributed by atoms with Crippen molar-refractivity contribution >= 4 is 18.3 Å². The Morgan fingerprint density at radius 1 is 1.24 bits per heavy atom. The fourth-order valence-corrected chi connectivity index (χ4v) is 3.57. The summed E-state index contributed by atoms with van der Waals surface area (Å²) in [7, 11) is -0.469. The first-order valence-corrected chi connectivity index (χ1v) is 9.10. The third kappa shape index (κ3) is 3.84. The van der Waals surface area contributed by atoms with Crippen LogP contribution in [0.2, 0.25) is 0 Å². The molecule has 1 unspecified atom stereocenters. The maximum absolute atomic E-state index is 9.64. The normalized spacial score (nSPS) is 31.6. The van der Waals surface area contributed by atoms with Gasteiger partial charge in [0.1, 0.15) is 0 Å². The lowest BCUT2D eigenvalue weighted by Crippen LogP contribution is -2.44. The van der Waals surface area contributed by atoms with Crippen LogP contribution < -0.4 is 10.8 Å². The Balaban J connectivity index is 1.71. The van der Waals surface area contributed by atoms with Crippen LogP contribution in [0.25, 0.3) is 0 Å². The van der Waals surface area contributed by atoms with Crippen molar-refractivity contribution in [2.24, 2.45) is 0 Å². The van der Waals surface area contributed by atoms with Crippen molar-refractivity contribution in [2.75, 3.05) is 5.32 Å². The molecule has 2 aliphatic rings. The van der Waals surface area contributed by atoms with Crippen molar-refractivity contribution in [3.8, 4) is 6.07 Å². The van der Waals surface area contributed by atoms with Gasteiger partial charge >= 0.3 is 7.12 Å². The molecule has 6 heteroatoms. The largest absolute Gasteiger partial charge is 0.494 e. The quantitative estimate of drug-likeness (QED) is 0.823. The molecule has 1 atom stereocenters. The summed E-state index contributed by atoms with van der Waals surface area (Å²) >= 11 is 0. The van der Waals surface area contributed by atoms with E-state index in [2.05, 4.69) is 17.5 Å². The van der Waals surface area contributed by atoms with E-state index >= 15 is 0 Å². The summed E-state index contributed by atoms with van der Waals surface area (Å²) in [6.45, 7) is 5.88. The molecule has 0 spiro atoms. The molecule has 0 amide bonds. The first kappa shape index (κ1) is 18.3. The second kappa shape index (κ2) is 6.99. The standard InChI is InChI=1S/C19H27BN2O3/c1-18(2)19(3,11-12-21)25-20(24-18)14-5-4-6-16(13-14)22-15-7-9-17(23)10-8-15/h4-6,13,15,17,22-23H,7-11H2,1-3H3. The molecule has 1 aliphatic carbocycles. The molecule has 0 radical (unpaired) electrons. The van der Waals surface area contributed by atoms with E-state index in [1.165, 1.54) is 0 Å². The molecule has 0 bridgehead atoms. The lowest BCUT2D eigenvalue weighted by Gasteiger charge is -2.34. The zero-order valence-electron chi connectivity index (χ0n) is 15.3. The summed E-state index contributed by atoms with van der Waals surface area (Å²) in [4.78, 5) is 0. The van der Waals surface area contributed by atoms with Crippen molar-refractivity contribution in [2.45, 2.75) is 76.2 Å². The number of aliphatic hydroxyl groups excluding tert-OH is 1. The number of nitriles is 1. The molecule has 0 aromatic heterocycles. The Kier molecular flexibility index (Phi) is 5.10. The lowest BCUT2D eigenvalue weighted by atomic mass is 9.79. The molecule has 2 N–H and O–H groups in total. The Labute approximate surface area is 150 Å². The molecule has 5 nitrogen and oxygen atoms in total. The van der Waals surface area contributed by atoms with Crippen LogP contribution in [0, 0.1) is 11.3 Å². The fourth-order valence-electron chi connectivity index (χ4n) is 3.57. The van der Waals surface area contributed by atoms with Gasteiger partial charge < -0.3 is 19.7 Å². The number of nitrogens with zero attached hydrogens (tertiary/aromatic N) is 1. The molecule has 1 aromatic rings. The van der Waals surface area contributed by atoms with Gasteiger partial charge in [0.2, 0.25) is 0 Å². The van der Waals surface area contributed by atoms with E-state index in [-0.39, 0.29) is 6.10 Å². The Hall–Kier alpha value is -1.55. The van der Waals surface area contributed by atoms with Crippen molar-refractivity contribution in [1.82, 2.24) is 0 Å². The van der Waals surface area contributed by atoms with Gasteiger partial charge in [0, 0.05) is 11.7 Å². The van der Waals surface area contributed by atoms with Crippen LogP contribution in [0.1, 0.15) is 52.9 Å². The van der Waals surface area contributed by atoms with E-state index in [1.54, 1.807) is 0 Å². The van der Waals surface area contributed by atoms with Crippen molar-refractivity contribution in [3.63, 3.8) is 0 Å². The smallest absolute Gasteiger partial charge is 0.399 e. The van der Waals surface area contributed by atoms with Crippen LogP contribution in [0.4, 0.5) is 5.69 Å².